The van der Waals surface area contributed by atoms with Gasteiger partial charge in [0.2, 0.25) is 11.8 Å². The third-order valence-corrected chi connectivity index (χ3v) is 9.75. The van der Waals surface area contributed by atoms with Crippen molar-refractivity contribution in [2.45, 2.75) is 57.1 Å². The summed E-state index contributed by atoms with van der Waals surface area (Å²) in [5, 5.41) is 3.73. The Kier molecular flexibility index (Phi) is 11.6. The number of anilines is 1. The number of nitrogens with one attached hydrogen (secondary N) is 1. The molecule has 0 fully saturated rings. The van der Waals surface area contributed by atoms with E-state index in [1.807, 2.05) is 58.0 Å². The Morgan fingerprint density at radius 1 is 0.894 bits per heavy atom. The van der Waals surface area contributed by atoms with Gasteiger partial charge in [-0.1, -0.05) is 77.3 Å². The minimum atomic E-state index is -4.24. The van der Waals surface area contributed by atoms with E-state index in [1.165, 1.54) is 24.1 Å². The molecule has 0 aliphatic carbocycles. The molecular formula is C36H39Cl2N3O5S. The van der Waals surface area contributed by atoms with Gasteiger partial charge in [0.15, 0.2) is 0 Å². The molecule has 4 aromatic rings. The number of ether oxygens (including phenoxy) is 1. The minimum absolute atomic E-state index is 0.0188. The highest BCUT2D eigenvalue weighted by Crippen LogP contribution is 2.28. The van der Waals surface area contributed by atoms with Crippen LogP contribution in [0.15, 0.2) is 102 Å². The molecule has 11 heteroatoms. The molecule has 0 aliphatic rings. The van der Waals surface area contributed by atoms with Crippen LogP contribution in [0, 0.1) is 6.92 Å². The molecule has 47 heavy (non-hydrogen) atoms. The molecule has 0 spiro atoms. The van der Waals surface area contributed by atoms with Gasteiger partial charge in [0.25, 0.3) is 10.0 Å². The van der Waals surface area contributed by atoms with Crippen molar-refractivity contribution in [1.82, 2.24) is 10.2 Å². The Bertz CT molecular complexity index is 1790. The number of amides is 2. The molecule has 1 atom stereocenters. The second-order valence-corrected chi connectivity index (χ2v) is 14.9. The summed E-state index contributed by atoms with van der Waals surface area (Å²) in [6, 6.07) is 26.0. The van der Waals surface area contributed by atoms with Gasteiger partial charge in [-0.05, 0) is 87.4 Å². The summed E-state index contributed by atoms with van der Waals surface area (Å²) in [4.78, 5) is 30.0. The van der Waals surface area contributed by atoms with Crippen LogP contribution in [0.1, 0.15) is 37.5 Å². The normalized spacial score (nSPS) is 12.2. The molecule has 248 valence electrons. The van der Waals surface area contributed by atoms with Gasteiger partial charge in [0.1, 0.15) is 18.3 Å². The highest BCUT2D eigenvalue weighted by molar-refractivity contribution is 7.92. The first kappa shape index (κ1) is 35.8. The monoisotopic (exact) mass is 695 g/mol. The largest absolute Gasteiger partial charge is 0.497 e. The summed E-state index contributed by atoms with van der Waals surface area (Å²) >= 11 is 12.8. The topological polar surface area (TPSA) is 96.0 Å². The second kappa shape index (κ2) is 15.2. The SMILES string of the molecule is COc1ccc(N(CC(=O)N(Cc2ccc(Cl)cc2Cl)[C@@H](Cc2ccccc2)C(=O)NC(C)(C)C)S(=O)(=O)c2ccc(C)cc2)cc1. The maximum atomic E-state index is 14.6. The molecule has 0 saturated carbocycles. The lowest BCUT2D eigenvalue weighted by molar-refractivity contribution is -0.140. The summed E-state index contributed by atoms with van der Waals surface area (Å²) < 4.78 is 34.7. The fourth-order valence-corrected chi connectivity index (χ4v) is 6.84. The van der Waals surface area contributed by atoms with E-state index in [0.29, 0.717) is 21.4 Å². The Labute approximate surface area is 287 Å². The molecule has 8 nitrogen and oxygen atoms in total. The fourth-order valence-electron chi connectivity index (χ4n) is 4.95. The number of halogens is 2. The number of carbonyl (C=O) groups excluding carboxylic acids is 2. The molecule has 0 radical (unpaired) electrons. The van der Waals surface area contributed by atoms with Crippen molar-refractivity contribution in [3.63, 3.8) is 0 Å². The van der Waals surface area contributed by atoms with Crippen molar-refractivity contribution in [1.29, 1.82) is 0 Å². The molecule has 0 saturated heterocycles. The standard InChI is InChI=1S/C36H39Cl2N3O5S/c1-25-11-19-31(20-12-25)47(44,45)41(29-15-17-30(46-5)18-16-29)24-34(42)40(23-27-13-14-28(37)22-32(27)38)33(35(43)39-36(2,3)4)21-26-9-7-6-8-10-26/h6-20,22,33H,21,23-24H2,1-5H3,(H,39,43)/t33-/m0/s1. The second-order valence-electron chi connectivity index (χ2n) is 12.2. The first-order valence-electron chi connectivity index (χ1n) is 15.0. The Morgan fingerprint density at radius 2 is 1.53 bits per heavy atom. The van der Waals surface area contributed by atoms with Crippen molar-refractivity contribution < 1.29 is 22.7 Å². The Morgan fingerprint density at radius 3 is 2.11 bits per heavy atom. The molecule has 2 amide bonds. The zero-order valence-electron chi connectivity index (χ0n) is 27.0. The van der Waals surface area contributed by atoms with Crippen LogP contribution in [0.25, 0.3) is 0 Å². The van der Waals surface area contributed by atoms with Crippen LogP contribution in [0.3, 0.4) is 0 Å². The van der Waals surface area contributed by atoms with Gasteiger partial charge in [-0.25, -0.2) is 8.42 Å². The van der Waals surface area contributed by atoms with E-state index in [4.69, 9.17) is 27.9 Å². The predicted molar refractivity (Wildman–Crippen MR) is 188 cm³/mol. The molecule has 0 heterocycles. The fraction of sp³-hybridized carbons (Fsp3) is 0.278. The first-order valence-corrected chi connectivity index (χ1v) is 17.2. The summed E-state index contributed by atoms with van der Waals surface area (Å²) in [5.74, 6) is -0.474. The average Bonchev–Trinajstić information content (AvgIpc) is 3.02. The average molecular weight is 697 g/mol. The molecule has 4 aromatic carbocycles. The van der Waals surface area contributed by atoms with Crippen molar-refractivity contribution in [2.24, 2.45) is 0 Å². The molecule has 0 aliphatic heterocycles. The lowest BCUT2D eigenvalue weighted by Crippen LogP contribution is -2.56. The maximum absolute atomic E-state index is 14.6. The Hall–Kier alpha value is -4.05. The molecule has 0 unspecified atom stereocenters. The maximum Gasteiger partial charge on any atom is 0.264 e. The van der Waals surface area contributed by atoms with Gasteiger partial charge < -0.3 is 15.0 Å². The number of carbonyl (C=O) groups is 2. The van der Waals surface area contributed by atoms with E-state index >= 15 is 0 Å². The van der Waals surface area contributed by atoms with Gasteiger partial charge >= 0.3 is 0 Å². The van der Waals surface area contributed by atoms with Gasteiger partial charge in [-0.2, -0.15) is 0 Å². The summed E-state index contributed by atoms with van der Waals surface area (Å²) in [6.45, 7) is 6.74. The predicted octanol–water partition coefficient (Wildman–Crippen LogP) is 7.06. The van der Waals surface area contributed by atoms with Crippen LogP contribution >= 0.6 is 23.2 Å². The Balaban J connectivity index is 1.84. The van der Waals surface area contributed by atoms with E-state index in [2.05, 4.69) is 5.32 Å². The van der Waals surface area contributed by atoms with E-state index in [0.717, 1.165) is 15.4 Å². The molecule has 4 rings (SSSR count). The van der Waals surface area contributed by atoms with Crippen LogP contribution in [0.5, 0.6) is 5.75 Å². The molecule has 0 bridgehead atoms. The first-order chi connectivity index (χ1) is 22.2. The van der Waals surface area contributed by atoms with E-state index in [-0.39, 0.29) is 23.5 Å². The van der Waals surface area contributed by atoms with E-state index < -0.39 is 40.0 Å². The number of hydrogen-bond acceptors (Lipinski definition) is 5. The number of rotatable bonds is 12. The van der Waals surface area contributed by atoms with E-state index in [9.17, 15) is 18.0 Å². The number of sulfonamides is 1. The van der Waals surface area contributed by atoms with Gasteiger partial charge in [-0.3, -0.25) is 13.9 Å². The van der Waals surface area contributed by atoms with Gasteiger partial charge in [-0.15, -0.1) is 0 Å². The third kappa shape index (κ3) is 9.50. The molecule has 0 aromatic heterocycles. The number of benzene rings is 4. The third-order valence-electron chi connectivity index (χ3n) is 7.37. The van der Waals surface area contributed by atoms with Crippen molar-refractivity contribution in [3.05, 3.63) is 124 Å². The zero-order chi connectivity index (χ0) is 34.4. The minimum Gasteiger partial charge on any atom is -0.497 e. The summed E-state index contributed by atoms with van der Waals surface area (Å²) in [6.07, 6.45) is 0.174. The highest BCUT2D eigenvalue weighted by atomic mass is 35.5. The summed E-state index contributed by atoms with van der Waals surface area (Å²) in [7, 11) is -2.73. The number of hydrogen-bond donors (Lipinski definition) is 1. The quantitative estimate of drug-likeness (QED) is 0.171. The lowest BCUT2D eigenvalue weighted by atomic mass is 10.0. The number of nitrogens with zero attached hydrogens (tertiary/aromatic N) is 2. The highest BCUT2D eigenvalue weighted by Gasteiger charge is 2.36. The molecule has 1 N–H and O–H groups in total. The number of aryl methyl sites for hydroxylation is 1. The van der Waals surface area contributed by atoms with Crippen molar-refractivity contribution in [3.8, 4) is 5.75 Å². The van der Waals surface area contributed by atoms with Crippen LogP contribution in [-0.4, -0.2) is 50.4 Å². The zero-order valence-corrected chi connectivity index (χ0v) is 29.4. The smallest absolute Gasteiger partial charge is 0.264 e. The summed E-state index contributed by atoms with van der Waals surface area (Å²) in [5.41, 5.74) is 1.89. The van der Waals surface area contributed by atoms with Crippen LogP contribution < -0.4 is 14.4 Å². The van der Waals surface area contributed by atoms with Crippen LogP contribution in [0.4, 0.5) is 5.69 Å². The van der Waals surface area contributed by atoms with Crippen LogP contribution in [-0.2, 0) is 32.6 Å². The van der Waals surface area contributed by atoms with E-state index in [1.54, 1.807) is 54.6 Å². The lowest BCUT2D eigenvalue weighted by Gasteiger charge is -2.35. The van der Waals surface area contributed by atoms with Gasteiger partial charge in [0, 0.05) is 28.5 Å². The van der Waals surface area contributed by atoms with Gasteiger partial charge in [0.05, 0.1) is 17.7 Å². The molecular weight excluding hydrogens is 657 g/mol. The van der Waals surface area contributed by atoms with Crippen LogP contribution in [0.2, 0.25) is 10.0 Å². The van der Waals surface area contributed by atoms with Crippen molar-refractivity contribution >= 4 is 50.7 Å². The number of methoxy groups -OCH3 is 1. The van der Waals surface area contributed by atoms with Crippen molar-refractivity contribution in [2.75, 3.05) is 18.0 Å².